The number of piperidine rings is 1. The highest BCUT2D eigenvalue weighted by Gasteiger charge is 2.34. The number of hydrogen-bond donors (Lipinski definition) is 0. The van der Waals surface area contributed by atoms with Gasteiger partial charge >= 0.3 is 6.01 Å². The van der Waals surface area contributed by atoms with E-state index in [4.69, 9.17) is 16.3 Å². The van der Waals surface area contributed by atoms with E-state index in [-0.39, 0.29) is 40.6 Å². The first-order chi connectivity index (χ1) is 12.6. The Balaban J connectivity index is 1.53. The molecule has 3 aromatic rings. The zero-order valence-electron chi connectivity index (χ0n) is 13.4. The van der Waals surface area contributed by atoms with Crippen molar-refractivity contribution in [1.82, 2.24) is 24.6 Å². The maximum Gasteiger partial charge on any atom is 0.316 e. The summed E-state index contributed by atoms with van der Waals surface area (Å²) in [6.45, 7) is 0.579. The minimum atomic E-state index is -3.83. The van der Waals surface area contributed by atoms with Gasteiger partial charge in [0.1, 0.15) is 16.5 Å². The number of rotatable bonds is 4. The average molecular weight is 396 g/mol. The topological polar surface area (TPSA) is 111 Å². The normalized spacial score (nSPS) is 16.8. The van der Waals surface area contributed by atoms with Gasteiger partial charge in [-0.25, -0.2) is 23.0 Å². The standard InChI is InChI=1S/C15H14ClN5O4S/c16-11-2-3-12-13(20-25-19-12)14(11)26(22,23)21-8-4-10(5-9-21)24-15-17-6-1-7-18-15/h1-3,6-7,10H,4-5,8-9H2. The summed E-state index contributed by atoms with van der Waals surface area (Å²) in [6, 6.07) is 5.03. The average Bonchev–Trinajstić information content (AvgIpc) is 3.11. The molecule has 11 heteroatoms. The molecule has 1 fully saturated rings. The second-order valence-corrected chi connectivity index (χ2v) is 8.04. The van der Waals surface area contributed by atoms with Crippen molar-refractivity contribution in [3.05, 3.63) is 35.6 Å². The third-order valence-corrected chi connectivity index (χ3v) is 6.55. The van der Waals surface area contributed by atoms with Crippen LogP contribution in [-0.4, -0.2) is 52.2 Å². The molecule has 0 amide bonds. The number of fused-ring (bicyclic) bond motifs is 1. The largest absolute Gasteiger partial charge is 0.460 e. The van der Waals surface area contributed by atoms with Crippen LogP contribution in [0.4, 0.5) is 0 Å². The monoisotopic (exact) mass is 395 g/mol. The van der Waals surface area contributed by atoms with Crippen LogP contribution in [0.2, 0.25) is 5.02 Å². The number of ether oxygens (including phenoxy) is 1. The Morgan fingerprint density at radius 2 is 1.88 bits per heavy atom. The van der Waals surface area contributed by atoms with Crippen molar-refractivity contribution in [2.45, 2.75) is 23.8 Å². The predicted octanol–water partition coefficient (Wildman–Crippen LogP) is 1.90. The molecule has 26 heavy (non-hydrogen) atoms. The lowest BCUT2D eigenvalue weighted by molar-refractivity contribution is 0.124. The third kappa shape index (κ3) is 3.11. The van der Waals surface area contributed by atoms with Gasteiger partial charge in [0.25, 0.3) is 0 Å². The van der Waals surface area contributed by atoms with E-state index in [0.717, 1.165) is 0 Å². The molecule has 2 aromatic heterocycles. The highest BCUT2D eigenvalue weighted by molar-refractivity contribution is 7.89. The van der Waals surface area contributed by atoms with E-state index >= 15 is 0 Å². The molecular weight excluding hydrogens is 382 g/mol. The van der Waals surface area contributed by atoms with E-state index in [0.29, 0.717) is 18.4 Å². The molecule has 1 aliphatic heterocycles. The summed E-state index contributed by atoms with van der Waals surface area (Å²) in [5, 5.41) is 7.46. The van der Waals surface area contributed by atoms with E-state index < -0.39 is 10.0 Å². The van der Waals surface area contributed by atoms with Crippen LogP contribution in [0.1, 0.15) is 12.8 Å². The lowest BCUT2D eigenvalue weighted by Gasteiger charge is -2.31. The van der Waals surface area contributed by atoms with Crippen LogP contribution in [0.5, 0.6) is 6.01 Å². The molecule has 3 heterocycles. The van der Waals surface area contributed by atoms with E-state index in [1.807, 2.05) is 0 Å². The van der Waals surface area contributed by atoms with Crippen molar-refractivity contribution >= 4 is 32.7 Å². The summed E-state index contributed by atoms with van der Waals surface area (Å²) in [5.74, 6) is 0. The first-order valence-electron chi connectivity index (χ1n) is 7.90. The molecule has 0 spiro atoms. The van der Waals surface area contributed by atoms with Gasteiger partial charge in [-0.05, 0) is 41.4 Å². The molecule has 1 aromatic carbocycles. The smallest absolute Gasteiger partial charge is 0.316 e. The van der Waals surface area contributed by atoms with Crippen molar-refractivity contribution in [2.24, 2.45) is 0 Å². The number of hydrogen-bond acceptors (Lipinski definition) is 8. The number of halogens is 1. The van der Waals surface area contributed by atoms with Gasteiger partial charge in [-0.3, -0.25) is 0 Å². The maximum absolute atomic E-state index is 13.1. The second-order valence-electron chi connectivity index (χ2n) is 5.76. The molecule has 0 bridgehead atoms. The van der Waals surface area contributed by atoms with Gasteiger partial charge < -0.3 is 4.74 Å². The highest BCUT2D eigenvalue weighted by Crippen LogP contribution is 2.32. The minimum Gasteiger partial charge on any atom is -0.460 e. The Bertz CT molecular complexity index is 1020. The molecule has 0 aliphatic carbocycles. The Morgan fingerprint density at radius 1 is 1.15 bits per heavy atom. The van der Waals surface area contributed by atoms with E-state index in [1.54, 1.807) is 24.5 Å². The van der Waals surface area contributed by atoms with Crippen LogP contribution in [0, 0.1) is 0 Å². The van der Waals surface area contributed by atoms with Gasteiger partial charge in [-0.2, -0.15) is 4.31 Å². The molecule has 1 aliphatic rings. The zero-order chi connectivity index (χ0) is 18.1. The maximum atomic E-state index is 13.1. The summed E-state index contributed by atoms with van der Waals surface area (Å²) >= 11 is 6.14. The molecule has 0 atom stereocenters. The number of benzene rings is 1. The predicted molar refractivity (Wildman–Crippen MR) is 91.3 cm³/mol. The lowest BCUT2D eigenvalue weighted by Crippen LogP contribution is -2.42. The fraction of sp³-hybridized carbons (Fsp3) is 0.333. The van der Waals surface area contributed by atoms with Crippen LogP contribution in [0.3, 0.4) is 0 Å². The summed E-state index contributed by atoms with van der Waals surface area (Å²) in [5.41, 5.74) is 0.473. The summed E-state index contributed by atoms with van der Waals surface area (Å²) in [4.78, 5) is 7.96. The second kappa shape index (κ2) is 6.78. The van der Waals surface area contributed by atoms with Crippen molar-refractivity contribution in [2.75, 3.05) is 13.1 Å². The molecular formula is C15H14ClN5O4S. The molecule has 0 unspecified atom stereocenters. The first kappa shape index (κ1) is 17.1. The molecule has 0 saturated carbocycles. The van der Waals surface area contributed by atoms with Crippen molar-refractivity contribution in [3.63, 3.8) is 0 Å². The van der Waals surface area contributed by atoms with Crippen molar-refractivity contribution in [1.29, 1.82) is 0 Å². The van der Waals surface area contributed by atoms with Crippen LogP contribution in [0.25, 0.3) is 11.0 Å². The van der Waals surface area contributed by atoms with Crippen LogP contribution in [0.15, 0.2) is 40.1 Å². The molecule has 136 valence electrons. The molecule has 9 nitrogen and oxygen atoms in total. The van der Waals surface area contributed by atoms with Crippen molar-refractivity contribution in [3.8, 4) is 6.01 Å². The van der Waals surface area contributed by atoms with Gasteiger partial charge in [0.15, 0.2) is 5.52 Å². The van der Waals surface area contributed by atoms with E-state index in [9.17, 15) is 8.42 Å². The van der Waals surface area contributed by atoms with Gasteiger partial charge in [-0.1, -0.05) is 11.6 Å². The van der Waals surface area contributed by atoms with Gasteiger partial charge in [0, 0.05) is 25.5 Å². The minimum absolute atomic E-state index is 0.0799. The SMILES string of the molecule is O=S(=O)(c1c(Cl)ccc2nonc12)N1CCC(Oc2ncccn2)CC1. The third-order valence-electron chi connectivity index (χ3n) is 4.15. The Kier molecular flexibility index (Phi) is 4.47. The quantitative estimate of drug-likeness (QED) is 0.658. The van der Waals surface area contributed by atoms with Crippen molar-refractivity contribution < 1.29 is 17.8 Å². The summed E-state index contributed by atoms with van der Waals surface area (Å²) in [6.07, 6.45) is 4.07. The zero-order valence-corrected chi connectivity index (χ0v) is 15.0. The van der Waals surface area contributed by atoms with Gasteiger partial charge in [0.2, 0.25) is 10.0 Å². The summed E-state index contributed by atoms with van der Waals surface area (Å²) < 4.78 is 37.8. The molecule has 1 saturated heterocycles. The lowest BCUT2D eigenvalue weighted by atomic mass is 10.1. The van der Waals surface area contributed by atoms with E-state index in [2.05, 4.69) is 24.9 Å². The Morgan fingerprint density at radius 3 is 2.62 bits per heavy atom. The fourth-order valence-corrected chi connectivity index (χ4v) is 4.96. The van der Waals surface area contributed by atoms with Crippen LogP contribution >= 0.6 is 11.6 Å². The number of nitrogens with zero attached hydrogens (tertiary/aromatic N) is 5. The highest BCUT2D eigenvalue weighted by atomic mass is 35.5. The van der Waals surface area contributed by atoms with Gasteiger partial charge in [0.05, 0.1) is 5.02 Å². The fourth-order valence-electron chi connectivity index (χ4n) is 2.86. The molecule has 4 rings (SSSR count). The molecule has 0 radical (unpaired) electrons. The number of sulfonamides is 1. The first-order valence-corrected chi connectivity index (χ1v) is 9.72. The Hall–Kier alpha value is -2.30. The van der Waals surface area contributed by atoms with Crippen LogP contribution in [-0.2, 0) is 10.0 Å². The number of aromatic nitrogens is 4. The van der Waals surface area contributed by atoms with E-state index in [1.165, 1.54) is 10.4 Å². The van der Waals surface area contributed by atoms with Crippen LogP contribution < -0.4 is 4.74 Å². The van der Waals surface area contributed by atoms with Gasteiger partial charge in [-0.15, -0.1) is 0 Å². The molecule has 0 N–H and O–H groups in total. The Labute approximate surface area is 154 Å². The summed E-state index contributed by atoms with van der Waals surface area (Å²) in [7, 11) is -3.83.